The second-order valence-corrected chi connectivity index (χ2v) is 4.48. The summed E-state index contributed by atoms with van der Waals surface area (Å²) in [5.74, 6) is -0.153. The summed E-state index contributed by atoms with van der Waals surface area (Å²) in [6, 6.07) is 0. The molecule has 0 fully saturated rings. The molecule has 118 valence electrons. The molecule has 0 bridgehead atoms. The molecule has 0 heterocycles. The largest absolute Gasteiger partial charge is 0.490 e. The van der Waals surface area contributed by atoms with Gasteiger partial charge in [0.25, 0.3) is 5.91 Å². The summed E-state index contributed by atoms with van der Waals surface area (Å²) in [7, 11) is 0. The van der Waals surface area contributed by atoms with Crippen molar-refractivity contribution in [1.29, 1.82) is 0 Å². The summed E-state index contributed by atoms with van der Waals surface area (Å²) in [5, 5.41) is 12.8. The summed E-state index contributed by atoms with van der Waals surface area (Å²) in [6.07, 6.45) is 12.6. The number of hydrogen-bond acceptors (Lipinski definition) is 3. The van der Waals surface area contributed by atoms with E-state index in [4.69, 9.17) is 4.74 Å². The lowest BCUT2D eigenvalue weighted by molar-refractivity contribution is -0.141. The van der Waals surface area contributed by atoms with Crippen LogP contribution in [0.3, 0.4) is 0 Å². The van der Waals surface area contributed by atoms with Crippen molar-refractivity contribution in [2.24, 2.45) is 0 Å². The van der Waals surface area contributed by atoms with E-state index in [0.717, 1.165) is 0 Å². The van der Waals surface area contributed by atoms with Crippen LogP contribution in [0.15, 0.2) is 86.4 Å². The molecule has 0 aromatic rings. The Morgan fingerprint density at radius 2 is 1.82 bits per heavy atom. The van der Waals surface area contributed by atoms with Crippen LogP contribution < -0.4 is 5.32 Å². The first-order chi connectivity index (χ1) is 10.4. The summed E-state index contributed by atoms with van der Waals surface area (Å²) < 4.78 is 5.42. The smallest absolute Gasteiger partial charge is 0.259 e. The first-order valence-corrected chi connectivity index (χ1v) is 6.65. The Morgan fingerprint density at radius 1 is 1.18 bits per heavy atom. The van der Waals surface area contributed by atoms with Gasteiger partial charge in [-0.25, -0.2) is 0 Å². The highest BCUT2D eigenvalue weighted by molar-refractivity contribution is 5.86. The van der Waals surface area contributed by atoms with Gasteiger partial charge in [-0.1, -0.05) is 50.6 Å². The molecule has 0 aliphatic rings. The van der Waals surface area contributed by atoms with Crippen LogP contribution in [0.25, 0.3) is 0 Å². The third-order valence-corrected chi connectivity index (χ3v) is 2.46. The number of carbonyl (C=O) groups excluding carboxylic acids is 1. The first kappa shape index (κ1) is 19.4. The minimum Gasteiger partial charge on any atom is -0.490 e. The van der Waals surface area contributed by atoms with Crippen molar-refractivity contribution in [2.75, 3.05) is 6.61 Å². The lowest BCUT2D eigenvalue weighted by Gasteiger charge is -2.23. The second-order valence-electron chi connectivity index (χ2n) is 4.48. The normalized spacial score (nSPS) is 14.8. The number of rotatable bonds is 10. The maximum Gasteiger partial charge on any atom is 0.259 e. The van der Waals surface area contributed by atoms with Crippen LogP contribution in [0.4, 0.5) is 0 Å². The highest BCUT2D eigenvalue weighted by Gasteiger charge is 2.31. The quantitative estimate of drug-likeness (QED) is 0.482. The SMILES string of the molecule is C=C/C=C\C(=C/C=C)OC[C@](C)(O)C(=O)N/C(C=C)=C/C=C. The maximum absolute atomic E-state index is 12.1. The van der Waals surface area contributed by atoms with Crippen LogP contribution in [0, 0.1) is 0 Å². The minimum atomic E-state index is -1.72. The van der Waals surface area contributed by atoms with Crippen LogP contribution in [0.2, 0.25) is 0 Å². The Morgan fingerprint density at radius 3 is 2.32 bits per heavy atom. The molecule has 4 heteroatoms. The van der Waals surface area contributed by atoms with Crippen LogP contribution in [0.1, 0.15) is 6.92 Å². The van der Waals surface area contributed by atoms with Crippen LogP contribution in [0.5, 0.6) is 0 Å². The molecule has 0 spiro atoms. The standard InChI is InChI=1S/C18H23NO3/c1-6-10-13-16(12-8-3)22-14-18(5,21)17(20)19-15(9-4)11-7-2/h6-13,21H,1-4,14H2,5H3,(H,19,20)/b13-10-,15-11+,16-12+/t18-/m0/s1. The molecule has 22 heavy (non-hydrogen) atoms. The molecule has 0 aliphatic carbocycles. The van der Waals surface area contributed by atoms with Gasteiger partial charge in [0, 0.05) is 5.70 Å². The van der Waals surface area contributed by atoms with Gasteiger partial charge in [-0.15, -0.1) is 0 Å². The van der Waals surface area contributed by atoms with E-state index >= 15 is 0 Å². The number of nitrogens with one attached hydrogen (secondary N) is 1. The molecule has 2 N–H and O–H groups in total. The van der Waals surface area contributed by atoms with E-state index in [9.17, 15) is 9.90 Å². The van der Waals surface area contributed by atoms with Crippen molar-refractivity contribution in [3.63, 3.8) is 0 Å². The summed E-state index contributed by atoms with van der Waals surface area (Å²) >= 11 is 0. The molecule has 0 aliphatic heterocycles. The van der Waals surface area contributed by atoms with E-state index in [1.807, 2.05) is 0 Å². The Bertz CT molecular complexity index is 522. The molecular weight excluding hydrogens is 278 g/mol. The molecule has 1 atom stereocenters. The molecule has 0 aromatic carbocycles. The zero-order valence-corrected chi connectivity index (χ0v) is 12.9. The van der Waals surface area contributed by atoms with Gasteiger partial charge in [-0.05, 0) is 31.2 Å². The molecule has 0 saturated heterocycles. The van der Waals surface area contributed by atoms with Crippen molar-refractivity contribution < 1.29 is 14.6 Å². The lowest BCUT2D eigenvalue weighted by Crippen LogP contribution is -2.47. The number of hydrogen-bond donors (Lipinski definition) is 2. The fourth-order valence-electron chi connectivity index (χ4n) is 1.27. The summed E-state index contributed by atoms with van der Waals surface area (Å²) in [6.45, 7) is 15.4. The molecular formula is C18H23NO3. The van der Waals surface area contributed by atoms with Crippen molar-refractivity contribution in [1.82, 2.24) is 5.32 Å². The van der Waals surface area contributed by atoms with Gasteiger partial charge in [0.1, 0.15) is 12.4 Å². The molecule has 0 rings (SSSR count). The number of allylic oxidation sites excluding steroid dienone is 8. The molecule has 0 aromatic heterocycles. The predicted octanol–water partition coefficient (Wildman–Crippen LogP) is 2.94. The molecule has 0 unspecified atom stereocenters. The van der Waals surface area contributed by atoms with Gasteiger partial charge in [-0.2, -0.15) is 0 Å². The van der Waals surface area contributed by atoms with Crippen molar-refractivity contribution in [3.05, 3.63) is 86.4 Å². The number of carbonyl (C=O) groups is 1. The summed E-state index contributed by atoms with van der Waals surface area (Å²) in [4.78, 5) is 12.1. The topological polar surface area (TPSA) is 58.6 Å². The average molecular weight is 301 g/mol. The van der Waals surface area contributed by atoms with E-state index in [2.05, 4.69) is 31.6 Å². The van der Waals surface area contributed by atoms with E-state index in [-0.39, 0.29) is 6.61 Å². The highest BCUT2D eigenvalue weighted by atomic mass is 16.5. The van der Waals surface area contributed by atoms with E-state index < -0.39 is 11.5 Å². The van der Waals surface area contributed by atoms with Crippen molar-refractivity contribution in [3.8, 4) is 0 Å². The van der Waals surface area contributed by atoms with Crippen LogP contribution >= 0.6 is 0 Å². The van der Waals surface area contributed by atoms with Gasteiger partial charge in [0.2, 0.25) is 0 Å². The summed E-state index contributed by atoms with van der Waals surface area (Å²) in [5.41, 5.74) is -1.28. The van der Waals surface area contributed by atoms with E-state index in [0.29, 0.717) is 11.5 Å². The zero-order valence-electron chi connectivity index (χ0n) is 12.9. The average Bonchev–Trinajstić information content (AvgIpc) is 2.49. The third-order valence-electron chi connectivity index (χ3n) is 2.46. The molecule has 4 nitrogen and oxygen atoms in total. The molecule has 1 amide bonds. The first-order valence-electron chi connectivity index (χ1n) is 6.65. The molecule has 0 radical (unpaired) electrons. The third kappa shape index (κ3) is 7.26. The number of aliphatic hydroxyl groups is 1. The fraction of sp³-hybridized carbons (Fsp3) is 0.167. The second kappa shape index (κ2) is 10.2. The van der Waals surface area contributed by atoms with Gasteiger partial charge in [0.15, 0.2) is 5.60 Å². The zero-order chi connectivity index (χ0) is 17.0. The van der Waals surface area contributed by atoms with E-state index in [1.54, 1.807) is 36.5 Å². The molecule has 0 saturated carbocycles. The van der Waals surface area contributed by atoms with Crippen molar-refractivity contribution in [2.45, 2.75) is 12.5 Å². The highest BCUT2D eigenvalue weighted by Crippen LogP contribution is 2.10. The van der Waals surface area contributed by atoms with Crippen LogP contribution in [-0.2, 0) is 9.53 Å². The minimum absolute atomic E-state index is 0.224. The van der Waals surface area contributed by atoms with Gasteiger partial charge in [0.05, 0.1) is 0 Å². The number of amides is 1. The lowest BCUT2D eigenvalue weighted by atomic mass is 10.1. The Balaban J connectivity index is 4.86. The van der Waals surface area contributed by atoms with Crippen LogP contribution in [-0.4, -0.2) is 23.2 Å². The number of ether oxygens (including phenoxy) is 1. The Kier molecular flexibility index (Phi) is 8.98. The van der Waals surface area contributed by atoms with Crippen molar-refractivity contribution >= 4 is 5.91 Å². The van der Waals surface area contributed by atoms with E-state index in [1.165, 1.54) is 19.1 Å². The van der Waals surface area contributed by atoms with Gasteiger partial charge in [-0.3, -0.25) is 4.79 Å². The maximum atomic E-state index is 12.1. The predicted molar refractivity (Wildman–Crippen MR) is 90.8 cm³/mol. The van der Waals surface area contributed by atoms with Gasteiger partial charge >= 0.3 is 0 Å². The Labute approximate surface area is 132 Å². The fourth-order valence-corrected chi connectivity index (χ4v) is 1.27. The monoisotopic (exact) mass is 301 g/mol. The Hall–Kier alpha value is -2.59. The van der Waals surface area contributed by atoms with Gasteiger partial charge < -0.3 is 15.2 Å².